The highest BCUT2D eigenvalue weighted by Gasteiger charge is 2.18. The van der Waals surface area contributed by atoms with E-state index in [2.05, 4.69) is 21.2 Å². The Balaban J connectivity index is 2.05. The van der Waals surface area contributed by atoms with Crippen LogP contribution in [-0.4, -0.2) is 32.2 Å². The zero-order valence-electron chi connectivity index (χ0n) is 16.7. The number of hydrogen-bond donors (Lipinski definition) is 1. The lowest BCUT2D eigenvalue weighted by molar-refractivity contribution is -0.119. The van der Waals surface area contributed by atoms with E-state index in [9.17, 15) is 9.59 Å². The van der Waals surface area contributed by atoms with Crippen LogP contribution in [0.3, 0.4) is 0 Å². The minimum absolute atomic E-state index is 0.231. The molecular formula is C21H23BrClNO5. The number of rotatable bonds is 8. The maximum Gasteiger partial charge on any atom is 0.338 e. The van der Waals surface area contributed by atoms with Crippen molar-refractivity contribution in [1.29, 1.82) is 0 Å². The second-order valence-electron chi connectivity index (χ2n) is 6.40. The molecule has 0 fully saturated rings. The van der Waals surface area contributed by atoms with Crippen molar-refractivity contribution < 1.29 is 23.8 Å². The molecule has 0 aliphatic rings. The lowest BCUT2D eigenvalue weighted by Gasteiger charge is -2.14. The van der Waals surface area contributed by atoms with Crippen LogP contribution in [0, 0.1) is 13.8 Å². The molecular weight excluding hydrogens is 462 g/mol. The summed E-state index contributed by atoms with van der Waals surface area (Å²) < 4.78 is 16.6. The highest BCUT2D eigenvalue weighted by Crippen LogP contribution is 2.37. The molecule has 0 aliphatic carbocycles. The Morgan fingerprint density at radius 3 is 2.52 bits per heavy atom. The summed E-state index contributed by atoms with van der Waals surface area (Å²) in [5.74, 6) is -0.242. The monoisotopic (exact) mass is 483 g/mol. The molecule has 0 bridgehead atoms. The molecule has 2 aromatic carbocycles. The Morgan fingerprint density at radius 2 is 1.90 bits per heavy atom. The fourth-order valence-electron chi connectivity index (χ4n) is 2.65. The largest absolute Gasteiger partial charge is 0.493 e. The SMILES string of the molecule is CCCOc1c(Br)cc(C(=O)OCC(=O)Nc2c(C)cc(C)cc2Cl)cc1OC. The van der Waals surface area contributed by atoms with Crippen LogP contribution >= 0.6 is 27.5 Å². The van der Waals surface area contributed by atoms with Crippen LogP contribution in [0.25, 0.3) is 0 Å². The van der Waals surface area contributed by atoms with Gasteiger partial charge in [-0.15, -0.1) is 0 Å². The van der Waals surface area contributed by atoms with Gasteiger partial charge >= 0.3 is 5.97 Å². The molecule has 8 heteroatoms. The molecule has 29 heavy (non-hydrogen) atoms. The first-order chi connectivity index (χ1) is 13.8. The Bertz CT molecular complexity index is 893. The van der Waals surface area contributed by atoms with Gasteiger partial charge in [0, 0.05) is 0 Å². The normalized spacial score (nSPS) is 10.4. The van der Waals surface area contributed by atoms with Gasteiger partial charge < -0.3 is 19.5 Å². The number of anilines is 1. The van der Waals surface area contributed by atoms with Crippen molar-refractivity contribution in [3.8, 4) is 11.5 Å². The molecule has 2 rings (SSSR count). The third-order valence-corrected chi connectivity index (χ3v) is 4.83. The summed E-state index contributed by atoms with van der Waals surface area (Å²) in [4.78, 5) is 24.6. The minimum atomic E-state index is -0.659. The Hall–Kier alpha value is -2.25. The summed E-state index contributed by atoms with van der Waals surface area (Å²) in [6.07, 6.45) is 0.832. The van der Waals surface area contributed by atoms with E-state index in [4.69, 9.17) is 25.8 Å². The quantitative estimate of drug-likeness (QED) is 0.514. The molecule has 0 atom stereocenters. The molecule has 0 spiro atoms. The van der Waals surface area contributed by atoms with Gasteiger partial charge in [-0.2, -0.15) is 0 Å². The van der Waals surface area contributed by atoms with E-state index in [-0.39, 0.29) is 5.56 Å². The van der Waals surface area contributed by atoms with Crippen LogP contribution in [-0.2, 0) is 9.53 Å². The van der Waals surface area contributed by atoms with E-state index in [0.29, 0.717) is 33.3 Å². The first-order valence-electron chi connectivity index (χ1n) is 9.00. The molecule has 0 saturated carbocycles. The van der Waals surface area contributed by atoms with Gasteiger partial charge in [-0.1, -0.05) is 24.6 Å². The number of amides is 1. The standard InChI is InChI=1S/C21H23BrClNO5/c1-5-6-28-20-15(22)9-14(10-17(20)27-4)21(26)29-11-18(25)24-19-13(3)7-12(2)8-16(19)23/h7-10H,5-6,11H2,1-4H3,(H,24,25). The number of nitrogens with one attached hydrogen (secondary N) is 1. The van der Waals surface area contributed by atoms with Gasteiger partial charge in [0.2, 0.25) is 0 Å². The number of carbonyl (C=O) groups excluding carboxylic acids is 2. The van der Waals surface area contributed by atoms with Crippen LogP contribution in [0.2, 0.25) is 5.02 Å². The Morgan fingerprint density at radius 1 is 1.17 bits per heavy atom. The van der Waals surface area contributed by atoms with Gasteiger partial charge in [-0.05, 0) is 65.5 Å². The van der Waals surface area contributed by atoms with E-state index in [0.717, 1.165) is 17.5 Å². The molecule has 2 aromatic rings. The Labute approximate surface area is 183 Å². The van der Waals surface area contributed by atoms with E-state index >= 15 is 0 Å². The minimum Gasteiger partial charge on any atom is -0.493 e. The molecule has 0 aliphatic heterocycles. The lowest BCUT2D eigenvalue weighted by atomic mass is 10.1. The molecule has 6 nitrogen and oxygen atoms in total. The summed E-state index contributed by atoms with van der Waals surface area (Å²) in [6, 6.07) is 6.73. The molecule has 0 radical (unpaired) electrons. The molecule has 0 aromatic heterocycles. The maximum absolute atomic E-state index is 12.4. The van der Waals surface area contributed by atoms with Crippen LogP contribution in [0.4, 0.5) is 5.69 Å². The van der Waals surface area contributed by atoms with Gasteiger partial charge in [0.05, 0.1) is 34.5 Å². The molecule has 1 N–H and O–H groups in total. The molecule has 156 valence electrons. The number of halogens is 2. The fraction of sp³-hybridized carbons (Fsp3) is 0.333. The highest BCUT2D eigenvalue weighted by atomic mass is 79.9. The van der Waals surface area contributed by atoms with Crippen molar-refractivity contribution in [3.05, 3.63) is 50.5 Å². The third kappa shape index (κ3) is 6.11. The van der Waals surface area contributed by atoms with Crippen molar-refractivity contribution in [1.82, 2.24) is 0 Å². The zero-order valence-corrected chi connectivity index (χ0v) is 19.1. The first kappa shape index (κ1) is 23.0. The van der Waals surface area contributed by atoms with Crippen molar-refractivity contribution in [2.45, 2.75) is 27.2 Å². The lowest BCUT2D eigenvalue weighted by Crippen LogP contribution is -2.21. The second kappa shape index (κ2) is 10.5. The van der Waals surface area contributed by atoms with E-state index in [1.807, 2.05) is 26.8 Å². The van der Waals surface area contributed by atoms with Gasteiger partial charge in [-0.25, -0.2) is 4.79 Å². The predicted octanol–water partition coefficient (Wildman–Crippen LogP) is 5.31. The van der Waals surface area contributed by atoms with Gasteiger partial charge in [0.25, 0.3) is 5.91 Å². The van der Waals surface area contributed by atoms with Crippen LogP contribution in [0.15, 0.2) is 28.7 Å². The highest BCUT2D eigenvalue weighted by molar-refractivity contribution is 9.10. The Kier molecular flexibility index (Phi) is 8.34. The average Bonchev–Trinajstić information content (AvgIpc) is 2.67. The van der Waals surface area contributed by atoms with Gasteiger partial charge in [0.1, 0.15) is 0 Å². The summed E-state index contributed by atoms with van der Waals surface area (Å²) in [5.41, 5.74) is 2.55. The van der Waals surface area contributed by atoms with Crippen molar-refractivity contribution in [2.24, 2.45) is 0 Å². The number of benzene rings is 2. The van der Waals surface area contributed by atoms with E-state index < -0.39 is 18.5 Å². The summed E-state index contributed by atoms with van der Waals surface area (Å²) in [7, 11) is 1.48. The molecule has 0 unspecified atom stereocenters. The topological polar surface area (TPSA) is 73.9 Å². The van der Waals surface area contributed by atoms with E-state index in [1.54, 1.807) is 12.1 Å². The summed E-state index contributed by atoms with van der Waals surface area (Å²) in [6.45, 7) is 5.81. The number of aryl methyl sites for hydroxylation is 2. The second-order valence-corrected chi connectivity index (χ2v) is 7.66. The van der Waals surface area contributed by atoms with Crippen molar-refractivity contribution >= 4 is 45.1 Å². The number of ether oxygens (including phenoxy) is 3. The number of hydrogen-bond acceptors (Lipinski definition) is 5. The number of carbonyl (C=O) groups is 2. The van der Waals surface area contributed by atoms with Crippen molar-refractivity contribution in [2.75, 3.05) is 25.6 Å². The first-order valence-corrected chi connectivity index (χ1v) is 10.2. The molecule has 0 heterocycles. The third-order valence-electron chi connectivity index (χ3n) is 3.95. The van der Waals surface area contributed by atoms with Gasteiger partial charge in [-0.3, -0.25) is 4.79 Å². The van der Waals surface area contributed by atoms with Gasteiger partial charge in [0.15, 0.2) is 18.1 Å². The average molecular weight is 485 g/mol. The summed E-state index contributed by atoms with van der Waals surface area (Å²) >= 11 is 9.56. The van der Waals surface area contributed by atoms with Crippen LogP contribution in [0.1, 0.15) is 34.8 Å². The van der Waals surface area contributed by atoms with Crippen LogP contribution < -0.4 is 14.8 Å². The fourth-order valence-corrected chi connectivity index (χ4v) is 3.57. The zero-order chi connectivity index (χ0) is 21.6. The van der Waals surface area contributed by atoms with E-state index in [1.165, 1.54) is 13.2 Å². The smallest absolute Gasteiger partial charge is 0.338 e. The predicted molar refractivity (Wildman–Crippen MR) is 116 cm³/mol. The number of esters is 1. The molecule has 0 saturated heterocycles. The maximum atomic E-state index is 12.4. The summed E-state index contributed by atoms with van der Waals surface area (Å²) in [5, 5.41) is 3.11. The molecule has 1 amide bonds. The van der Waals surface area contributed by atoms with Crippen LogP contribution in [0.5, 0.6) is 11.5 Å². The number of methoxy groups -OCH3 is 1. The van der Waals surface area contributed by atoms with Crippen molar-refractivity contribution in [3.63, 3.8) is 0 Å².